The minimum Gasteiger partial charge on any atom is -0.276 e. The van der Waals surface area contributed by atoms with Gasteiger partial charge in [0.1, 0.15) is 5.69 Å². The molecule has 1 aromatic heterocycles. The summed E-state index contributed by atoms with van der Waals surface area (Å²) in [5.41, 5.74) is -1.66. The first-order chi connectivity index (χ1) is 6.96. The van der Waals surface area contributed by atoms with Gasteiger partial charge in [-0.15, -0.1) is 0 Å². The lowest BCUT2D eigenvalue weighted by Gasteiger charge is -2.17. The van der Waals surface area contributed by atoms with E-state index in [2.05, 4.69) is 5.10 Å². The van der Waals surface area contributed by atoms with Gasteiger partial charge in [-0.25, -0.2) is 0 Å². The third-order valence-corrected chi connectivity index (χ3v) is 2.04. The molecule has 2 nitrogen and oxygen atoms in total. The number of alkyl halides is 5. The predicted octanol–water partition coefficient (Wildman–Crippen LogP) is 3.36. The molecule has 1 aromatic rings. The second-order valence-corrected chi connectivity index (χ2v) is 4.49. The molecule has 0 spiro atoms. The first kappa shape index (κ1) is 12.9. The van der Waals surface area contributed by atoms with E-state index in [4.69, 9.17) is 0 Å². The van der Waals surface area contributed by atoms with E-state index in [-0.39, 0.29) is 5.69 Å². The number of aromatic amines is 1. The van der Waals surface area contributed by atoms with Crippen LogP contribution in [0.2, 0.25) is 0 Å². The van der Waals surface area contributed by atoms with Crippen LogP contribution in [0, 0.1) is 0 Å². The lowest BCUT2D eigenvalue weighted by Crippen LogP contribution is -2.34. The summed E-state index contributed by atoms with van der Waals surface area (Å²) < 4.78 is 61.8. The highest BCUT2D eigenvalue weighted by atomic mass is 19.4. The zero-order valence-electron chi connectivity index (χ0n) is 8.91. The zero-order valence-corrected chi connectivity index (χ0v) is 8.91. The number of hydrogen-bond acceptors (Lipinski definition) is 1. The van der Waals surface area contributed by atoms with Crippen molar-refractivity contribution in [3.63, 3.8) is 0 Å². The van der Waals surface area contributed by atoms with Gasteiger partial charge in [-0.3, -0.25) is 5.10 Å². The van der Waals surface area contributed by atoms with Crippen LogP contribution in [0.4, 0.5) is 22.0 Å². The molecule has 16 heavy (non-hydrogen) atoms. The van der Waals surface area contributed by atoms with Gasteiger partial charge in [-0.05, 0) is 6.07 Å². The fourth-order valence-corrected chi connectivity index (χ4v) is 1.02. The Morgan fingerprint density at radius 1 is 1.06 bits per heavy atom. The van der Waals surface area contributed by atoms with Crippen molar-refractivity contribution in [2.75, 3.05) is 0 Å². The van der Waals surface area contributed by atoms with Crippen molar-refractivity contribution in [2.45, 2.75) is 38.3 Å². The molecule has 0 fully saturated rings. The van der Waals surface area contributed by atoms with Crippen molar-refractivity contribution in [3.8, 4) is 0 Å². The lowest BCUT2D eigenvalue weighted by molar-refractivity contribution is -0.290. The summed E-state index contributed by atoms with van der Waals surface area (Å²) in [6, 6.07) is 0.744. The van der Waals surface area contributed by atoms with Crippen LogP contribution in [-0.2, 0) is 11.3 Å². The molecule has 1 N–H and O–H groups in total. The molecule has 0 aliphatic carbocycles. The molecular formula is C9H11F5N2. The summed E-state index contributed by atoms with van der Waals surface area (Å²) in [4.78, 5) is 0. The molecule has 0 aliphatic rings. The maximum Gasteiger partial charge on any atom is 0.459 e. The van der Waals surface area contributed by atoms with Crippen LogP contribution in [-0.4, -0.2) is 16.4 Å². The largest absolute Gasteiger partial charge is 0.459 e. The molecule has 0 unspecified atom stereocenters. The van der Waals surface area contributed by atoms with Crippen LogP contribution in [0.3, 0.4) is 0 Å². The lowest BCUT2D eigenvalue weighted by atomic mass is 9.92. The Morgan fingerprint density at radius 2 is 1.56 bits per heavy atom. The van der Waals surface area contributed by atoms with Crippen LogP contribution in [0.15, 0.2) is 6.07 Å². The maximum atomic E-state index is 12.9. The highest BCUT2D eigenvalue weighted by molar-refractivity contribution is 5.20. The maximum absolute atomic E-state index is 12.9. The molecule has 0 atom stereocenters. The molecule has 0 radical (unpaired) electrons. The molecule has 0 amide bonds. The Kier molecular flexibility index (Phi) is 2.77. The average Bonchev–Trinajstić information content (AvgIpc) is 2.47. The van der Waals surface area contributed by atoms with Crippen molar-refractivity contribution in [3.05, 3.63) is 17.5 Å². The molecule has 1 rings (SSSR count). The van der Waals surface area contributed by atoms with Gasteiger partial charge in [-0.2, -0.15) is 27.1 Å². The van der Waals surface area contributed by atoms with Crippen LogP contribution in [0.5, 0.6) is 0 Å². The number of aromatic nitrogens is 2. The van der Waals surface area contributed by atoms with Gasteiger partial charge in [0.2, 0.25) is 0 Å². The fourth-order valence-electron chi connectivity index (χ4n) is 1.02. The molecular weight excluding hydrogens is 231 g/mol. The van der Waals surface area contributed by atoms with E-state index in [1.165, 1.54) is 0 Å². The van der Waals surface area contributed by atoms with E-state index >= 15 is 0 Å². The monoisotopic (exact) mass is 242 g/mol. The molecule has 0 aliphatic heterocycles. The second kappa shape index (κ2) is 3.43. The molecule has 92 valence electrons. The van der Waals surface area contributed by atoms with Gasteiger partial charge in [0.25, 0.3) is 0 Å². The Bertz CT molecular complexity index is 372. The zero-order chi connectivity index (χ0) is 12.8. The van der Waals surface area contributed by atoms with Gasteiger partial charge < -0.3 is 0 Å². The molecule has 0 saturated heterocycles. The number of hydrogen-bond donors (Lipinski definition) is 1. The minimum absolute atomic E-state index is 0.159. The smallest absolute Gasteiger partial charge is 0.276 e. The van der Waals surface area contributed by atoms with Crippen molar-refractivity contribution in [1.29, 1.82) is 0 Å². The first-order valence-corrected chi connectivity index (χ1v) is 4.47. The SMILES string of the molecule is CC(C)(C)c1cc(C(F)(F)C(F)(F)F)[nH]n1. The topological polar surface area (TPSA) is 28.7 Å². The van der Waals surface area contributed by atoms with Crippen LogP contribution < -0.4 is 0 Å². The Labute approximate surface area is 88.8 Å². The number of nitrogens with zero attached hydrogens (tertiary/aromatic N) is 1. The van der Waals surface area contributed by atoms with E-state index in [1.807, 2.05) is 0 Å². The molecule has 0 saturated carbocycles. The predicted molar refractivity (Wildman–Crippen MR) is 47.2 cm³/mol. The van der Waals surface area contributed by atoms with Crippen molar-refractivity contribution >= 4 is 0 Å². The molecule has 7 heteroatoms. The van der Waals surface area contributed by atoms with Gasteiger partial charge in [-0.1, -0.05) is 20.8 Å². The van der Waals surface area contributed by atoms with Crippen LogP contribution >= 0.6 is 0 Å². The Morgan fingerprint density at radius 3 is 1.88 bits per heavy atom. The number of H-pyrrole nitrogens is 1. The fraction of sp³-hybridized carbons (Fsp3) is 0.667. The summed E-state index contributed by atoms with van der Waals surface area (Å²) in [7, 11) is 0. The Balaban J connectivity index is 3.13. The highest BCUT2D eigenvalue weighted by Crippen LogP contribution is 2.43. The van der Waals surface area contributed by atoms with Crippen molar-refractivity contribution < 1.29 is 22.0 Å². The van der Waals surface area contributed by atoms with Crippen molar-refractivity contribution in [1.82, 2.24) is 10.2 Å². The van der Waals surface area contributed by atoms with Crippen molar-refractivity contribution in [2.24, 2.45) is 0 Å². The van der Waals surface area contributed by atoms with Crippen LogP contribution in [0.1, 0.15) is 32.2 Å². The summed E-state index contributed by atoms with van der Waals surface area (Å²) in [6.45, 7) is 5.00. The van der Waals surface area contributed by atoms with E-state index < -0.39 is 23.2 Å². The second-order valence-electron chi connectivity index (χ2n) is 4.49. The molecule has 0 bridgehead atoms. The Hall–Kier alpha value is -1.14. The summed E-state index contributed by atoms with van der Waals surface area (Å²) in [5.74, 6) is -4.90. The van der Waals surface area contributed by atoms with Gasteiger partial charge in [0, 0.05) is 5.41 Å². The van der Waals surface area contributed by atoms with Gasteiger partial charge in [0.05, 0.1) is 5.69 Å². The number of rotatable bonds is 1. The normalized spacial score (nSPS) is 14.2. The standard InChI is InChI=1S/C9H11F5N2/c1-7(2,3)5-4-6(16-15-5)8(10,11)9(12,13)14/h4H,1-3H3,(H,15,16). The molecule has 1 heterocycles. The first-order valence-electron chi connectivity index (χ1n) is 4.47. The molecule has 0 aromatic carbocycles. The average molecular weight is 242 g/mol. The van der Waals surface area contributed by atoms with E-state index in [1.54, 1.807) is 25.9 Å². The quantitative estimate of drug-likeness (QED) is 0.751. The minimum atomic E-state index is -5.62. The van der Waals surface area contributed by atoms with Crippen LogP contribution in [0.25, 0.3) is 0 Å². The van der Waals surface area contributed by atoms with Gasteiger partial charge >= 0.3 is 12.1 Å². The highest BCUT2D eigenvalue weighted by Gasteiger charge is 2.60. The summed E-state index contributed by atoms with van der Waals surface area (Å²) in [6.07, 6.45) is -5.62. The van der Waals surface area contributed by atoms with E-state index in [0.717, 1.165) is 6.07 Å². The van der Waals surface area contributed by atoms with E-state index in [0.29, 0.717) is 0 Å². The summed E-state index contributed by atoms with van der Waals surface area (Å²) >= 11 is 0. The number of halogens is 5. The summed E-state index contributed by atoms with van der Waals surface area (Å²) in [5, 5.41) is 5.20. The third-order valence-electron chi connectivity index (χ3n) is 2.04. The van der Waals surface area contributed by atoms with Gasteiger partial charge in [0.15, 0.2) is 0 Å². The van der Waals surface area contributed by atoms with E-state index in [9.17, 15) is 22.0 Å². The third kappa shape index (κ3) is 2.17. The number of nitrogens with one attached hydrogen (secondary N) is 1.